The van der Waals surface area contributed by atoms with E-state index in [4.69, 9.17) is 10.2 Å². The van der Waals surface area contributed by atoms with Crippen LogP contribution in [0.25, 0.3) is 11.0 Å². The first-order valence-corrected chi connectivity index (χ1v) is 6.29. The molecule has 19 heavy (non-hydrogen) atoms. The van der Waals surface area contributed by atoms with Gasteiger partial charge in [-0.15, -0.1) is 0 Å². The molecule has 96 valence electrons. The summed E-state index contributed by atoms with van der Waals surface area (Å²) >= 11 is 0. The van der Waals surface area contributed by atoms with Crippen LogP contribution in [0.15, 0.2) is 53.1 Å². The van der Waals surface area contributed by atoms with Crippen LogP contribution in [0.3, 0.4) is 0 Å². The smallest absolute Gasteiger partial charge is 0.134 e. The number of benzene rings is 2. The number of para-hydroxylation sites is 1. The Bertz CT molecular complexity index is 716. The summed E-state index contributed by atoms with van der Waals surface area (Å²) in [7, 11) is 0. The van der Waals surface area contributed by atoms with E-state index in [0.717, 1.165) is 33.5 Å². The van der Waals surface area contributed by atoms with Gasteiger partial charge >= 0.3 is 0 Å². The van der Waals surface area contributed by atoms with Crippen LogP contribution in [0.4, 0.5) is 11.4 Å². The fourth-order valence-electron chi connectivity index (χ4n) is 2.20. The van der Waals surface area contributed by atoms with E-state index in [-0.39, 0.29) is 0 Å². The molecule has 0 saturated carbocycles. The van der Waals surface area contributed by atoms with Gasteiger partial charge in [-0.1, -0.05) is 24.3 Å². The number of nitrogens with two attached hydrogens (primary N) is 1. The fourth-order valence-corrected chi connectivity index (χ4v) is 2.20. The first-order valence-electron chi connectivity index (χ1n) is 6.29. The van der Waals surface area contributed by atoms with Gasteiger partial charge in [-0.05, 0) is 30.7 Å². The number of rotatable bonds is 3. The highest BCUT2D eigenvalue weighted by Crippen LogP contribution is 2.24. The van der Waals surface area contributed by atoms with Crippen molar-refractivity contribution in [3.63, 3.8) is 0 Å². The summed E-state index contributed by atoms with van der Waals surface area (Å²) in [4.78, 5) is 0. The van der Waals surface area contributed by atoms with Gasteiger partial charge in [0.05, 0.1) is 17.6 Å². The zero-order valence-electron chi connectivity index (χ0n) is 10.8. The topological polar surface area (TPSA) is 51.2 Å². The van der Waals surface area contributed by atoms with Gasteiger partial charge in [0.15, 0.2) is 0 Å². The number of fused-ring (bicyclic) bond motifs is 1. The van der Waals surface area contributed by atoms with Gasteiger partial charge in [0.2, 0.25) is 0 Å². The van der Waals surface area contributed by atoms with Crippen molar-refractivity contribution in [3.8, 4) is 0 Å². The van der Waals surface area contributed by atoms with Crippen LogP contribution in [0.2, 0.25) is 0 Å². The second-order valence-electron chi connectivity index (χ2n) is 4.70. The maximum absolute atomic E-state index is 5.99. The minimum atomic E-state index is 0.699. The maximum atomic E-state index is 5.99. The van der Waals surface area contributed by atoms with Gasteiger partial charge in [0.1, 0.15) is 5.58 Å². The second kappa shape index (κ2) is 4.69. The van der Waals surface area contributed by atoms with Gasteiger partial charge in [-0.25, -0.2) is 0 Å². The minimum Gasteiger partial charge on any atom is -0.464 e. The molecule has 0 aliphatic heterocycles. The summed E-state index contributed by atoms with van der Waals surface area (Å²) < 4.78 is 5.52. The Morgan fingerprint density at radius 1 is 1.16 bits per heavy atom. The fraction of sp³-hybridized carbons (Fsp3) is 0.125. The highest BCUT2D eigenvalue weighted by atomic mass is 16.3. The van der Waals surface area contributed by atoms with E-state index in [2.05, 4.69) is 11.4 Å². The van der Waals surface area contributed by atoms with E-state index in [1.165, 1.54) is 0 Å². The summed E-state index contributed by atoms with van der Waals surface area (Å²) in [5.74, 6) is 0. The van der Waals surface area contributed by atoms with Crippen molar-refractivity contribution in [1.29, 1.82) is 0 Å². The van der Waals surface area contributed by atoms with Crippen molar-refractivity contribution < 1.29 is 4.42 Å². The van der Waals surface area contributed by atoms with E-state index < -0.39 is 0 Å². The van der Waals surface area contributed by atoms with Gasteiger partial charge < -0.3 is 15.5 Å². The van der Waals surface area contributed by atoms with Crippen LogP contribution >= 0.6 is 0 Å². The molecule has 0 fully saturated rings. The Balaban J connectivity index is 1.82. The number of furan rings is 1. The Kier molecular flexibility index (Phi) is 2.88. The van der Waals surface area contributed by atoms with E-state index in [1.807, 2.05) is 43.3 Å². The van der Waals surface area contributed by atoms with Gasteiger partial charge in [-0.2, -0.15) is 0 Å². The van der Waals surface area contributed by atoms with Crippen LogP contribution in [-0.2, 0) is 6.54 Å². The third-order valence-electron chi connectivity index (χ3n) is 3.24. The van der Waals surface area contributed by atoms with Crippen molar-refractivity contribution in [2.75, 3.05) is 11.1 Å². The zero-order chi connectivity index (χ0) is 13.2. The monoisotopic (exact) mass is 252 g/mol. The average molecular weight is 252 g/mol. The minimum absolute atomic E-state index is 0.699. The normalized spacial score (nSPS) is 10.8. The van der Waals surface area contributed by atoms with Crippen molar-refractivity contribution >= 4 is 22.3 Å². The molecule has 0 unspecified atom stereocenters. The predicted octanol–water partition coefficient (Wildman–Crippen LogP) is 3.94. The number of anilines is 2. The number of hydrogen-bond acceptors (Lipinski definition) is 3. The van der Waals surface area contributed by atoms with Crippen LogP contribution in [0.5, 0.6) is 0 Å². The standard InChI is InChI=1S/C16H16N2O/c1-11-6-7-15(14(17)8-11)18-9-12-10-19-16-5-3-2-4-13(12)16/h2-8,10,18H,9,17H2,1H3. The Morgan fingerprint density at radius 2 is 2.00 bits per heavy atom. The summed E-state index contributed by atoms with van der Waals surface area (Å²) in [5.41, 5.74) is 10.9. The quantitative estimate of drug-likeness (QED) is 0.694. The van der Waals surface area contributed by atoms with Gasteiger partial charge in [-0.3, -0.25) is 0 Å². The van der Waals surface area contributed by atoms with Crippen LogP contribution < -0.4 is 11.1 Å². The molecule has 0 radical (unpaired) electrons. The molecule has 3 aromatic rings. The molecular formula is C16H16N2O. The molecule has 0 bridgehead atoms. The highest BCUT2D eigenvalue weighted by molar-refractivity contribution is 5.81. The Morgan fingerprint density at radius 3 is 2.84 bits per heavy atom. The van der Waals surface area contributed by atoms with E-state index in [9.17, 15) is 0 Å². The van der Waals surface area contributed by atoms with Crippen molar-refractivity contribution in [1.82, 2.24) is 0 Å². The molecule has 1 aromatic heterocycles. The lowest BCUT2D eigenvalue weighted by atomic mass is 10.1. The number of nitrogen functional groups attached to an aromatic ring is 1. The molecule has 2 aromatic carbocycles. The molecule has 3 rings (SSSR count). The molecule has 0 aliphatic carbocycles. The summed E-state index contributed by atoms with van der Waals surface area (Å²) in [5, 5.41) is 4.49. The van der Waals surface area contributed by atoms with Crippen molar-refractivity contribution in [2.24, 2.45) is 0 Å². The average Bonchev–Trinajstić information content (AvgIpc) is 2.81. The van der Waals surface area contributed by atoms with Crippen LogP contribution in [0, 0.1) is 6.92 Å². The van der Waals surface area contributed by atoms with E-state index in [0.29, 0.717) is 6.54 Å². The van der Waals surface area contributed by atoms with Gasteiger partial charge in [0.25, 0.3) is 0 Å². The molecule has 3 heteroatoms. The lowest BCUT2D eigenvalue weighted by Gasteiger charge is -2.09. The Hall–Kier alpha value is -2.42. The largest absolute Gasteiger partial charge is 0.464 e. The maximum Gasteiger partial charge on any atom is 0.134 e. The number of hydrogen-bond donors (Lipinski definition) is 2. The Labute approximate surface area is 112 Å². The molecule has 3 N–H and O–H groups in total. The number of aryl methyl sites for hydroxylation is 1. The molecule has 0 spiro atoms. The van der Waals surface area contributed by atoms with Crippen molar-refractivity contribution in [3.05, 3.63) is 59.9 Å². The molecule has 0 saturated heterocycles. The lowest BCUT2D eigenvalue weighted by Crippen LogP contribution is -2.02. The first-order chi connectivity index (χ1) is 9.24. The summed E-state index contributed by atoms with van der Waals surface area (Å²) in [6, 6.07) is 14.0. The molecule has 0 atom stereocenters. The summed E-state index contributed by atoms with van der Waals surface area (Å²) in [6.07, 6.45) is 1.79. The highest BCUT2D eigenvalue weighted by Gasteiger charge is 2.05. The molecule has 1 heterocycles. The van der Waals surface area contributed by atoms with Gasteiger partial charge in [0, 0.05) is 17.5 Å². The SMILES string of the molecule is Cc1ccc(NCc2coc3ccccc23)c(N)c1. The predicted molar refractivity (Wildman–Crippen MR) is 79.1 cm³/mol. The first kappa shape index (κ1) is 11.7. The van der Waals surface area contributed by atoms with Crippen molar-refractivity contribution in [2.45, 2.75) is 13.5 Å². The number of nitrogens with one attached hydrogen (secondary N) is 1. The third-order valence-corrected chi connectivity index (χ3v) is 3.24. The molecule has 0 aliphatic rings. The van der Waals surface area contributed by atoms with Crippen LogP contribution in [-0.4, -0.2) is 0 Å². The van der Waals surface area contributed by atoms with E-state index in [1.54, 1.807) is 6.26 Å². The molecular weight excluding hydrogens is 236 g/mol. The summed E-state index contributed by atoms with van der Waals surface area (Å²) in [6.45, 7) is 2.73. The second-order valence-corrected chi connectivity index (χ2v) is 4.70. The third kappa shape index (κ3) is 2.27. The lowest BCUT2D eigenvalue weighted by molar-refractivity contribution is 0.611. The molecule has 3 nitrogen and oxygen atoms in total. The molecule has 0 amide bonds. The van der Waals surface area contributed by atoms with Crippen LogP contribution in [0.1, 0.15) is 11.1 Å². The zero-order valence-corrected chi connectivity index (χ0v) is 10.8. The van der Waals surface area contributed by atoms with E-state index >= 15 is 0 Å².